The van der Waals surface area contributed by atoms with Crippen LogP contribution in [0.15, 0.2) is 60.5 Å². The Morgan fingerprint density at radius 3 is 2.72 bits per heavy atom. The molecule has 0 unspecified atom stereocenters. The third kappa shape index (κ3) is 5.42. The minimum Gasteiger partial charge on any atom is -0.396 e. The number of allylic oxidation sites excluding steroid dienone is 3. The lowest BCUT2D eigenvalue weighted by Crippen LogP contribution is -1.98. The van der Waals surface area contributed by atoms with Crippen LogP contribution in [0.25, 0.3) is 17.3 Å². The molecule has 1 aromatic carbocycles. The lowest BCUT2D eigenvalue weighted by molar-refractivity contribution is 0.299. The van der Waals surface area contributed by atoms with Gasteiger partial charge in [-0.3, -0.25) is 0 Å². The van der Waals surface area contributed by atoms with Gasteiger partial charge in [0.25, 0.3) is 0 Å². The number of aliphatic hydroxyl groups is 1. The van der Waals surface area contributed by atoms with E-state index in [0.29, 0.717) is 12.4 Å². The highest BCUT2D eigenvalue weighted by atomic mass is 16.2. The van der Waals surface area contributed by atoms with Gasteiger partial charge in [-0.05, 0) is 50.5 Å². The van der Waals surface area contributed by atoms with Crippen LogP contribution in [0, 0.1) is 6.92 Å². The van der Waals surface area contributed by atoms with Crippen molar-refractivity contribution in [2.75, 3.05) is 11.9 Å². The fourth-order valence-electron chi connectivity index (χ4n) is 2.97. The maximum absolute atomic E-state index is 9.03. The zero-order valence-corrected chi connectivity index (χ0v) is 17.2. The molecule has 0 aliphatic carbocycles. The van der Waals surface area contributed by atoms with Gasteiger partial charge in [0, 0.05) is 41.5 Å². The largest absolute Gasteiger partial charge is 0.396 e. The van der Waals surface area contributed by atoms with Crippen LogP contribution in [-0.4, -0.2) is 26.7 Å². The zero-order valence-electron chi connectivity index (χ0n) is 17.2. The molecule has 0 spiro atoms. The van der Waals surface area contributed by atoms with Crippen molar-refractivity contribution < 1.29 is 5.11 Å². The third-order valence-corrected chi connectivity index (χ3v) is 4.87. The molecule has 3 aromatic rings. The van der Waals surface area contributed by atoms with E-state index in [4.69, 9.17) is 10.1 Å². The molecule has 0 bridgehead atoms. The van der Waals surface area contributed by atoms with Crippen LogP contribution in [0.4, 0.5) is 11.6 Å². The number of benzene rings is 1. The second-order valence-corrected chi connectivity index (χ2v) is 7.03. The predicted molar refractivity (Wildman–Crippen MR) is 120 cm³/mol. The second kappa shape index (κ2) is 9.85. The topological polar surface area (TPSA) is 73.8 Å². The van der Waals surface area contributed by atoms with Crippen LogP contribution in [-0.2, 0) is 6.42 Å². The van der Waals surface area contributed by atoms with Gasteiger partial charge in [0.05, 0.1) is 5.69 Å². The molecule has 5 nitrogen and oxygen atoms in total. The number of aliphatic hydroxyl groups excluding tert-OH is 1. The molecule has 0 amide bonds. The summed E-state index contributed by atoms with van der Waals surface area (Å²) in [5.41, 5.74) is 7.49. The Hall–Kier alpha value is -3.18. The van der Waals surface area contributed by atoms with Gasteiger partial charge >= 0.3 is 0 Å². The fraction of sp³-hybridized carbons (Fsp3) is 0.250. The Balaban J connectivity index is 1.83. The molecule has 3 rings (SSSR count). The first-order chi connectivity index (χ1) is 14.1. The SMILES string of the molecule is CC/C(C)=C/C=C\c1c(-c2ccnc(Nc3ccc(CCO)cc3)n2)c[nH]c1C. The van der Waals surface area contributed by atoms with E-state index in [9.17, 15) is 0 Å². The smallest absolute Gasteiger partial charge is 0.227 e. The summed E-state index contributed by atoms with van der Waals surface area (Å²) in [6.07, 6.45) is 11.8. The van der Waals surface area contributed by atoms with E-state index in [1.54, 1.807) is 6.20 Å². The van der Waals surface area contributed by atoms with E-state index in [0.717, 1.165) is 40.2 Å². The molecular weight excluding hydrogens is 360 g/mol. The number of anilines is 2. The minimum absolute atomic E-state index is 0.151. The molecule has 0 aliphatic rings. The highest BCUT2D eigenvalue weighted by Gasteiger charge is 2.10. The summed E-state index contributed by atoms with van der Waals surface area (Å²) < 4.78 is 0. The first-order valence-electron chi connectivity index (χ1n) is 9.92. The zero-order chi connectivity index (χ0) is 20.6. The number of H-pyrrole nitrogens is 1. The number of aromatic amines is 1. The molecule has 2 heterocycles. The maximum atomic E-state index is 9.03. The number of nitrogens with zero attached hydrogens (tertiary/aromatic N) is 2. The standard InChI is InChI=1S/C24H28N4O/c1-4-17(2)6-5-7-21-18(3)26-16-22(21)23-12-14-25-24(28-23)27-20-10-8-19(9-11-20)13-15-29/h5-12,14,16,26,29H,4,13,15H2,1-3H3,(H,25,27,28)/b7-5-,17-6+. The van der Waals surface area contributed by atoms with E-state index < -0.39 is 0 Å². The summed E-state index contributed by atoms with van der Waals surface area (Å²) in [5, 5.41) is 12.3. The summed E-state index contributed by atoms with van der Waals surface area (Å²) in [6, 6.07) is 9.85. The summed E-state index contributed by atoms with van der Waals surface area (Å²) in [4.78, 5) is 12.4. The number of aromatic nitrogens is 3. The van der Waals surface area contributed by atoms with E-state index in [-0.39, 0.29) is 6.61 Å². The van der Waals surface area contributed by atoms with E-state index >= 15 is 0 Å². The molecule has 3 N–H and O–H groups in total. The second-order valence-electron chi connectivity index (χ2n) is 7.03. The molecule has 0 fully saturated rings. The highest BCUT2D eigenvalue weighted by Crippen LogP contribution is 2.27. The van der Waals surface area contributed by atoms with E-state index in [1.165, 1.54) is 5.57 Å². The van der Waals surface area contributed by atoms with Crippen molar-refractivity contribution in [3.05, 3.63) is 77.3 Å². The van der Waals surface area contributed by atoms with Crippen LogP contribution in [0.2, 0.25) is 0 Å². The van der Waals surface area contributed by atoms with E-state index in [2.05, 4.69) is 54.3 Å². The molecule has 0 saturated heterocycles. The van der Waals surface area contributed by atoms with Gasteiger partial charge in [-0.2, -0.15) is 0 Å². The number of hydrogen-bond acceptors (Lipinski definition) is 4. The fourth-order valence-corrected chi connectivity index (χ4v) is 2.97. The van der Waals surface area contributed by atoms with Crippen LogP contribution < -0.4 is 5.32 Å². The molecular formula is C24H28N4O. The van der Waals surface area contributed by atoms with Gasteiger partial charge in [-0.15, -0.1) is 0 Å². The molecule has 0 saturated carbocycles. The van der Waals surface area contributed by atoms with Gasteiger partial charge in [0.15, 0.2) is 0 Å². The number of aryl methyl sites for hydroxylation is 1. The number of hydrogen-bond donors (Lipinski definition) is 3. The summed E-state index contributed by atoms with van der Waals surface area (Å²) in [7, 11) is 0. The van der Waals surface area contributed by atoms with Gasteiger partial charge in [-0.1, -0.05) is 42.9 Å². The van der Waals surface area contributed by atoms with Crippen molar-refractivity contribution in [1.82, 2.24) is 15.0 Å². The predicted octanol–water partition coefficient (Wildman–Crippen LogP) is 5.43. The van der Waals surface area contributed by atoms with Gasteiger partial charge in [0.1, 0.15) is 0 Å². The quantitative estimate of drug-likeness (QED) is 0.450. The molecule has 0 radical (unpaired) electrons. The Morgan fingerprint density at radius 2 is 2.00 bits per heavy atom. The Morgan fingerprint density at radius 1 is 1.21 bits per heavy atom. The first kappa shape index (κ1) is 20.6. The number of nitrogens with one attached hydrogen (secondary N) is 2. The molecule has 2 aromatic heterocycles. The number of rotatable bonds is 8. The van der Waals surface area contributed by atoms with Gasteiger partial charge in [0.2, 0.25) is 5.95 Å². The summed E-state index contributed by atoms with van der Waals surface area (Å²) in [5.74, 6) is 0.549. The van der Waals surface area contributed by atoms with Crippen molar-refractivity contribution >= 4 is 17.7 Å². The van der Waals surface area contributed by atoms with Crippen molar-refractivity contribution in [3.8, 4) is 11.3 Å². The van der Waals surface area contributed by atoms with Gasteiger partial charge in [-0.25, -0.2) is 9.97 Å². The first-order valence-corrected chi connectivity index (χ1v) is 9.92. The van der Waals surface area contributed by atoms with E-state index in [1.807, 2.05) is 36.5 Å². The Bertz CT molecular complexity index is 1000. The van der Waals surface area contributed by atoms with Crippen molar-refractivity contribution in [2.45, 2.75) is 33.6 Å². The lowest BCUT2D eigenvalue weighted by atomic mass is 10.1. The minimum atomic E-state index is 0.151. The normalized spacial score (nSPS) is 11.9. The Kier molecular flexibility index (Phi) is 6.98. The third-order valence-electron chi connectivity index (χ3n) is 4.87. The van der Waals surface area contributed by atoms with Crippen LogP contribution >= 0.6 is 0 Å². The maximum Gasteiger partial charge on any atom is 0.227 e. The van der Waals surface area contributed by atoms with Crippen molar-refractivity contribution in [1.29, 1.82) is 0 Å². The molecule has 0 atom stereocenters. The van der Waals surface area contributed by atoms with Crippen molar-refractivity contribution in [3.63, 3.8) is 0 Å². The molecule has 5 heteroatoms. The van der Waals surface area contributed by atoms with Crippen LogP contribution in [0.1, 0.15) is 37.1 Å². The molecule has 0 aliphatic heterocycles. The monoisotopic (exact) mass is 388 g/mol. The Labute approximate surface area is 172 Å². The molecule has 29 heavy (non-hydrogen) atoms. The summed E-state index contributed by atoms with van der Waals surface area (Å²) >= 11 is 0. The average Bonchev–Trinajstić information content (AvgIpc) is 3.10. The van der Waals surface area contributed by atoms with Crippen molar-refractivity contribution in [2.24, 2.45) is 0 Å². The lowest BCUT2D eigenvalue weighted by Gasteiger charge is -2.07. The summed E-state index contributed by atoms with van der Waals surface area (Å²) in [6.45, 7) is 6.50. The van der Waals surface area contributed by atoms with Crippen LogP contribution in [0.5, 0.6) is 0 Å². The van der Waals surface area contributed by atoms with Gasteiger partial charge < -0.3 is 15.4 Å². The van der Waals surface area contributed by atoms with Crippen LogP contribution in [0.3, 0.4) is 0 Å². The molecule has 150 valence electrons. The average molecular weight is 389 g/mol. The highest BCUT2D eigenvalue weighted by molar-refractivity contribution is 5.75.